The number of aryl methyl sites for hydroxylation is 1. The number of furan rings is 1. The van der Waals surface area contributed by atoms with Gasteiger partial charge in [0, 0.05) is 39.1 Å². The molecular weight excluding hydrogens is 908 g/mol. The zero-order valence-corrected chi connectivity index (χ0v) is 46.9. The summed E-state index contributed by atoms with van der Waals surface area (Å²) < 4.78 is 7.54. The minimum absolute atomic E-state index is 0.0319. The number of benzene rings is 8. The third-order valence-corrected chi connectivity index (χ3v) is 19.4. The van der Waals surface area contributed by atoms with E-state index in [4.69, 9.17) is 4.42 Å². The largest absolute Gasteiger partial charge is 0.455 e. The molecule has 0 spiro atoms. The predicted molar refractivity (Wildman–Crippen MR) is 322 cm³/mol. The van der Waals surface area contributed by atoms with Gasteiger partial charge < -0.3 is 14.6 Å². The molecule has 75 heavy (non-hydrogen) atoms. The maximum atomic E-state index is 7.54. The maximum absolute atomic E-state index is 7.54. The molecule has 0 atom stereocenters. The lowest BCUT2D eigenvalue weighted by atomic mass is 9.57. The smallest absolute Gasteiger partial charge is 0.197 e. The van der Waals surface area contributed by atoms with Gasteiger partial charge in [-0.25, -0.2) is 0 Å². The average molecular weight is 982 g/mol. The van der Waals surface area contributed by atoms with E-state index in [-0.39, 0.29) is 32.5 Å². The fourth-order valence-electron chi connectivity index (χ4n) is 14.2. The quantitative estimate of drug-likeness (QED) is 0.174. The van der Waals surface area contributed by atoms with Gasteiger partial charge in [0.15, 0.2) is 7.28 Å². The van der Waals surface area contributed by atoms with Gasteiger partial charge in [-0.3, -0.25) is 0 Å². The molecular formula is C71H74BN2O. The minimum Gasteiger partial charge on any atom is -0.455 e. The lowest BCUT2D eigenvalue weighted by Crippen LogP contribution is -2.41. The Morgan fingerprint density at radius 3 is 1.71 bits per heavy atom. The molecule has 0 unspecified atom stereocenters. The first-order valence-electron chi connectivity index (χ1n) is 28.0. The molecule has 0 saturated heterocycles. The Bertz CT molecular complexity index is 3860. The van der Waals surface area contributed by atoms with Gasteiger partial charge in [-0.1, -0.05) is 167 Å². The zero-order chi connectivity index (χ0) is 52.4. The monoisotopic (exact) mass is 982 g/mol. The van der Waals surface area contributed by atoms with Crippen molar-refractivity contribution in [3.05, 3.63) is 172 Å². The molecule has 0 saturated carbocycles. The fourth-order valence-corrected chi connectivity index (χ4v) is 14.2. The molecule has 1 N–H and O–H groups in total. The Balaban J connectivity index is 1.12. The summed E-state index contributed by atoms with van der Waals surface area (Å²) in [6.07, 6.45) is 6.97. The molecule has 0 bridgehead atoms. The maximum Gasteiger partial charge on any atom is 0.197 e. The van der Waals surface area contributed by atoms with E-state index in [1.807, 2.05) is 0 Å². The van der Waals surface area contributed by atoms with Gasteiger partial charge >= 0.3 is 0 Å². The topological polar surface area (TPSA) is 28.4 Å². The van der Waals surface area contributed by atoms with Crippen LogP contribution >= 0.6 is 0 Å². The van der Waals surface area contributed by atoms with Crippen LogP contribution in [0.15, 0.2) is 138 Å². The molecule has 0 amide bonds. The average Bonchev–Trinajstić information content (AvgIpc) is 3.76. The van der Waals surface area contributed by atoms with Gasteiger partial charge in [-0.05, 0) is 204 Å². The van der Waals surface area contributed by atoms with Crippen LogP contribution in [0, 0.1) is 6.92 Å². The van der Waals surface area contributed by atoms with E-state index in [1.54, 1.807) is 0 Å². The molecule has 3 aliphatic carbocycles. The normalized spacial score (nSPS) is 19.1. The Morgan fingerprint density at radius 1 is 0.440 bits per heavy atom. The van der Waals surface area contributed by atoms with E-state index in [2.05, 4.69) is 241 Å². The third-order valence-electron chi connectivity index (χ3n) is 19.4. The first-order valence-corrected chi connectivity index (χ1v) is 28.0. The van der Waals surface area contributed by atoms with E-state index in [0.29, 0.717) is 0 Å². The van der Waals surface area contributed by atoms with Gasteiger partial charge in [0.1, 0.15) is 11.2 Å². The van der Waals surface area contributed by atoms with E-state index >= 15 is 0 Å². The molecule has 377 valence electrons. The minimum atomic E-state index is 0.0319. The summed E-state index contributed by atoms with van der Waals surface area (Å²) in [5.41, 5.74) is 25.1. The van der Waals surface area contributed by atoms with Crippen molar-refractivity contribution in [1.82, 2.24) is 0 Å². The van der Waals surface area contributed by atoms with E-state index in [1.165, 1.54) is 113 Å². The van der Waals surface area contributed by atoms with Crippen molar-refractivity contribution in [3.63, 3.8) is 0 Å². The van der Waals surface area contributed by atoms with E-state index in [0.717, 1.165) is 59.2 Å². The lowest BCUT2D eigenvalue weighted by molar-refractivity contribution is 0.332. The first kappa shape index (κ1) is 48.1. The Hall–Kier alpha value is -6.52. The van der Waals surface area contributed by atoms with Crippen molar-refractivity contribution in [3.8, 4) is 22.3 Å². The van der Waals surface area contributed by atoms with Crippen LogP contribution in [0.3, 0.4) is 0 Å². The molecule has 4 heteroatoms. The highest BCUT2D eigenvalue weighted by Crippen LogP contribution is 2.54. The summed E-state index contributed by atoms with van der Waals surface area (Å²) in [6, 6.07) is 51.4. The van der Waals surface area contributed by atoms with Crippen molar-refractivity contribution in [2.45, 2.75) is 161 Å². The van der Waals surface area contributed by atoms with Crippen molar-refractivity contribution >= 4 is 79.4 Å². The molecule has 13 rings (SSSR count). The number of anilines is 5. The predicted octanol–water partition coefficient (Wildman–Crippen LogP) is 18.6. The molecule has 0 fully saturated rings. The summed E-state index contributed by atoms with van der Waals surface area (Å²) in [7, 11) is 2.48. The zero-order valence-electron chi connectivity index (χ0n) is 46.9. The summed E-state index contributed by atoms with van der Waals surface area (Å²) in [5.74, 6) is 0. The van der Waals surface area contributed by atoms with Crippen LogP contribution in [0.1, 0.15) is 161 Å². The highest BCUT2D eigenvalue weighted by Gasteiger charge is 2.42. The number of fused-ring (bicyclic) bond motifs is 9. The number of nitrogens with one attached hydrogen (secondary N) is 1. The van der Waals surface area contributed by atoms with Gasteiger partial charge in [-0.2, -0.15) is 0 Å². The van der Waals surface area contributed by atoms with E-state index < -0.39 is 0 Å². The highest BCUT2D eigenvalue weighted by atomic mass is 16.3. The van der Waals surface area contributed by atoms with Crippen LogP contribution < -0.4 is 21.1 Å². The van der Waals surface area contributed by atoms with Crippen LogP contribution in [-0.4, -0.2) is 7.28 Å². The second-order valence-electron chi connectivity index (χ2n) is 27.3. The van der Waals surface area contributed by atoms with Gasteiger partial charge in [0.25, 0.3) is 0 Å². The first-order chi connectivity index (χ1) is 35.5. The molecule has 1 aromatic heterocycles. The number of hydrogen-bond acceptors (Lipinski definition) is 3. The van der Waals surface area contributed by atoms with Gasteiger partial charge in [0.2, 0.25) is 0 Å². The molecule has 9 aromatic rings. The van der Waals surface area contributed by atoms with Crippen molar-refractivity contribution in [2.75, 3.05) is 10.2 Å². The Labute approximate surface area is 447 Å². The molecule has 3 nitrogen and oxygen atoms in total. The number of nitrogens with zero attached hydrogens (tertiary/aromatic N) is 1. The Kier molecular flexibility index (Phi) is 10.4. The fraction of sp³-hybridized carbons (Fsp3) is 0.352. The summed E-state index contributed by atoms with van der Waals surface area (Å²) in [5, 5.41) is 8.87. The molecule has 1 radical (unpaired) electrons. The third kappa shape index (κ3) is 7.50. The van der Waals surface area contributed by atoms with Gasteiger partial charge in [0.05, 0.1) is 5.69 Å². The summed E-state index contributed by atoms with van der Waals surface area (Å²) >= 11 is 0. The SMILES string of the molecule is Cc1cc2c(cc1N1c3cc(-c4ccccc4)ccc3[B]c3c1cc1ccccc1c3-c1c(Nc3ccc4c(c3)C(C)(C)CCC4(C)C)ccc3c1oc1cc4c(cc13)C(C)(C)CCC4(C)C)C(C)(C)CCC2(C)C. The molecule has 4 aliphatic rings. The van der Waals surface area contributed by atoms with Crippen LogP contribution in [0.25, 0.3) is 55.0 Å². The highest BCUT2D eigenvalue weighted by molar-refractivity contribution is 6.74. The van der Waals surface area contributed by atoms with Crippen LogP contribution in [0.5, 0.6) is 0 Å². The molecule has 2 heterocycles. The summed E-state index contributed by atoms with van der Waals surface area (Å²) in [6.45, 7) is 31.5. The van der Waals surface area contributed by atoms with Crippen LogP contribution in [-0.2, 0) is 32.5 Å². The molecule has 8 aromatic carbocycles. The van der Waals surface area contributed by atoms with Crippen molar-refractivity contribution in [2.24, 2.45) is 0 Å². The molecule has 1 aliphatic heterocycles. The van der Waals surface area contributed by atoms with E-state index in [9.17, 15) is 0 Å². The Morgan fingerprint density at radius 2 is 1.03 bits per heavy atom. The van der Waals surface area contributed by atoms with Gasteiger partial charge in [-0.15, -0.1) is 0 Å². The lowest BCUT2D eigenvalue weighted by Gasteiger charge is -2.44. The van der Waals surface area contributed by atoms with Crippen molar-refractivity contribution in [1.29, 1.82) is 0 Å². The van der Waals surface area contributed by atoms with Crippen LogP contribution in [0.4, 0.5) is 28.4 Å². The summed E-state index contributed by atoms with van der Waals surface area (Å²) in [4.78, 5) is 2.62. The number of rotatable bonds is 5. The van der Waals surface area contributed by atoms with Crippen molar-refractivity contribution < 1.29 is 4.42 Å². The number of hydrogen-bond donors (Lipinski definition) is 1. The van der Waals surface area contributed by atoms with Crippen LogP contribution in [0.2, 0.25) is 0 Å². The standard InChI is InChI=1S/C71H74BN2O/c1-42-35-51-54(70(10,11)33-31-67(51,4)5)40-58(42)74-59-36-44(43-19-15-14-16-20-43)23-27-56(59)72-64-60(74)37-45-21-17-18-22-47(45)62(64)63-57(73-46-24-26-50-52(38-46)68(6,7)30-29-66(50,2)3)28-25-48-49-39-53-55(41-61(49)75-65(48)63)71(12,13)34-32-69(53,8)9/h14-28,35-41,73H,29-34H2,1-13H3. The second-order valence-corrected chi connectivity index (χ2v) is 27.3. The second kappa shape index (κ2) is 16.3.